The second-order valence-electron chi connectivity index (χ2n) is 6.66. The maximum Gasteiger partial charge on any atom is 0.270 e. The quantitative estimate of drug-likeness (QED) is 0.901. The zero-order valence-electron chi connectivity index (χ0n) is 13.8. The second-order valence-corrected chi connectivity index (χ2v) is 7.38. The first-order chi connectivity index (χ1) is 11.1. The van der Waals surface area contributed by atoms with Crippen LogP contribution in [0.5, 0.6) is 0 Å². The number of hydrogen-bond donors (Lipinski definition) is 1. The molecule has 6 nitrogen and oxygen atoms in total. The van der Waals surface area contributed by atoms with Gasteiger partial charge in [0.25, 0.3) is 5.91 Å². The Morgan fingerprint density at radius 2 is 2.48 bits per heavy atom. The summed E-state index contributed by atoms with van der Waals surface area (Å²) >= 11 is 1.42. The maximum absolute atomic E-state index is 12.0. The standard InChI is InChI=1S/C16H25N3O3S/c1-12(2)19-5-6-21-10-16(9-19)4-3-13(22-16)7-17-15(20)14-8-23-11-18-14/h8,11-13H,3-7,9-10H2,1-2H3,(H,17,20). The smallest absolute Gasteiger partial charge is 0.270 e. The SMILES string of the molecule is CC(C)N1CCOCC2(CCC(CNC(=O)c3cscn3)O2)C1. The third-order valence-electron chi connectivity index (χ3n) is 4.60. The third kappa shape index (κ3) is 4.09. The molecule has 7 heteroatoms. The highest BCUT2D eigenvalue weighted by Crippen LogP contribution is 2.33. The Kier molecular flexibility index (Phi) is 5.31. The first-order valence-electron chi connectivity index (χ1n) is 8.24. The highest BCUT2D eigenvalue weighted by Gasteiger charge is 2.43. The summed E-state index contributed by atoms with van der Waals surface area (Å²) in [6.45, 7) is 8.20. The molecule has 2 aliphatic heterocycles. The lowest BCUT2D eigenvalue weighted by Gasteiger charge is -2.34. The predicted octanol–water partition coefficient (Wildman–Crippen LogP) is 1.53. The number of nitrogens with zero attached hydrogens (tertiary/aromatic N) is 2. The number of amides is 1. The first kappa shape index (κ1) is 16.8. The molecule has 0 saturated carbocycles. The summed E-state index contributed by atoms with van der Waals surface area (Å²) in [6.07, 6.45) is 1.98. The van der Waals surface area contributed by atoms with Crippen LogP contribution in [0.25, 0.3) is 0 Å². The van der Waals surface area contributed by atoms with E-state index in [1.165, 1.54) is 11.3 Å². The number of carbonyl (C=O) groups excluding carboxylic acids is 1. The van der Waals surface area contributed by atoms with Gasteiger partial charge in [-0.1, -0.05) is 0 Å². The van der Waals surface area contributed by atoms with Gasteiger partial charge in [0.1, 0.15) is 11.3 Å². The fraction of sp³-hybridized carbons (Fsp3) is 0.750. The monoisotopic (exact) mass is 339 g/mol. The molecule has 23 heavy (non-hydrogen) atoms. The van der Waals surface area contributed by atoms with E-state index in [1.54, 1.807) is 10.9 Å². The van der Waals surface area contributed by atoms with Crippen molar-refractivity contribution in [2.24, 2.45) is 0 Å². The van der Waals surface area contributed by atoms with Crippen molar-refractivity contribution >= 4 is 17.2 Å². The van der Waals surface area contributed by atoms with Gasteiger partial charge in [0, 0.05) is 31.1 Å². The van der Waals surface area contributed by atoms with Gasteiger partial charge in [0.15, 0.2) is 0 Å². The van der Waals surface area contributed by atoms with Crippen molar-refractivity contribution in [1.29, 1.82) is 0 Å². The number of rotatable bonds is 4. The van der Waals surface area contributed by atoms with Crippen LogP contribution in [0.4, 0.5) is 0 Å². The van der Waals surface area contributed by atoms with Gasteiger partial charge in [0.05, 0.1) is 24.8 Å². The van der Waals surface area contributed by atoms with Gasteiger partial charge in [-0.15, -0.1) is 11.3 Å². The van der Waals surface area contributed by atoms with E-state index in [4.69, 9.17) is 9.47 Å². The van der Waals surface area contributed by atoms with Crippen LogP contribution in [-0.2, 0) is 9.47 Å². The summed E-state index contributed by atoms with van der Waals surface area (Å²) in [5.41, 5.74) is 1.92. The van der Waals surface area contributed by atoms with E-state index in [9.17, 15) is 4.79 Å². The molecule has 1 spiro atoms. The zero-order chi connectivity index (χ0) is 16.3. The average Bonchev–Trinajstić information content (AvgIpc) is 3.13. The molecular formula is C16H25N3O3S. The molecule has 128 valence electrons. The van der Waals surface area contributed by atoms with Crippen LogP contribution in [0.3, 0.4) is 0 Å². The molecule has 2 saturated heterocycles. The maximum atomic E-state index is 12.0. The molecule has 0 aliphatic carbocycles. The van der Waals surface area contributed by atoms with Crippen molar-refractivity contribution in [1.82, 2.24) is 15.2 Å². The van der Waals surface area contributed by atoms with E-state index in [1.807, 2.05) is 0 Å². The van der Waals surface area contributed by atoms with E-state index in [0.29, 0.717) is 24.9 Å². The van der Waals surface area contributed by atoms with Gasteiger partial charge in [0.2, 0.25) is 0 Å². The summed E-state index contributed by atoms with van der Waals surface area (Å²) in [5, 5.41) is 4.68. The van der Waals surface area contributed by atoms with Crippen LogP contribution >= 0.6 is 11.3 Å². The lowest BCUT2D eigenvalue weighted by molar-refractivity contribution is -0.0861. The largest absolute Gasteiger partial charge is 0.377 e. The Balaban J connectivity index is 1.53. The molecular weight excluding hydrogens is 314 g/mol. The second kappa shape index (κ2) is 7.25. The van der Waals surface area contributed by atoms with Crippen molar-refractivity contribution < 1.29 is 14.3 Å². The normalized spacial score (nSPS) is 29.1. The van der Waals surface area contributed by atoms with Crippen LogP contribution in [0.2, 0.25) is 0 Å². The summed E-state index contributed by atoms with van der Waals surface area (Å²) in [5.74, 6) is -0.128. The van der Waals surface area contributed by atoms with Crippen LogP contribution in [0, 0.1) is 0 Å². The van der Waals surface area contributed by atoms with Crippen LogP contribution in [-0.4, -0.2) is 66.4 Å². The fourth-order valence-corrected chi connectivity index (χ4v) is 3.79. The number of ether oxygens (including phenoxy) is 2. The topological polar surface area (TPSA) is 63.7 Å². The Hall–Kier alpha value is -1.02. The Morgan fingerprint density at radius 3 is 3.22 bits per heavy atom. The van der Waals surface area contributed by atoms with Crippen molar-refractivity contribution in [3.8, 4) is 0 Å². The third-order valence-corrected chi connectivity index (χ3v) is 5.19. The highest BCUT2D eigenvalue weighted by atomic mass is 32.1. The lowest BCUT2D eigenvalue weighted by Crippen LogP contribution is -2.47. The number of carbonyl (C=O) groups is 1. The Morgan fingerprint density at radius 1 is 1.61 bits per heavy atom. The molecule has 1 N–H and O–H groups in total. The summed E-state index contributed by atoms with van der Waals surface area (Å²) in [4.78, 5) is 18.4. The van der Waals surface area contributed by atoms with Gasteiger partial charge >= 0.3 is 0 Å². The molecule has 3 heterocycles. The molecule has 2 unspecified atom stereocenters. The number of thiazole rings is 1. The minimum atomic E-state index is -0.225. The van der Waals surface area contributed by atoms with E-state index < -0.39 is 0 Å². The summed E-state index contributed by atoms with van der Waals surface area (Å²) < 4.78 is 12.1. The number of hydrogen-bond acceptors (Lipinski definition) is 6. The minimum absolute atomic E-state index is 0.0493. The van der Waals surface area contributed by atoms with Crippen molar-refractivity contribution in [2.75, 3.05) is 32.8 Å². The molecule has 0 radical (unpaired) electrons. The predicted molar refractivity (Wildman–Crippen MR) is 88.8 cm³/mol. The van der Waals surface area contributed by atoms with Crippen LogP contribution in [0.1, 0.15) is 37.2 Å². The molecule has 2 fully saturated rings. The van der Waals surface area contributed by atoms with Gasteiger partial charge < -0.3 is 14.8 Å². The number of aromatic nitrogens is 1. The van der Waals surface area contributed by atoms with E-state index in [-0.39, 0.29) is 17.6 Å². The molecule has 3 rings (SSSR count). The van der Waals surface area contributed by atoms with Gasteiger partial charge in [-0.05, 0) is 26.7 Å². The Labute approximate surface area is 141 Å². The van der Waals surface area contributed by atoms with Crippen LogP contribution < -0.4 is 5.32 Å². The molecule has 1 amide bonds. The molecule has 1 aromatic heterocycles. The van der Waals surface area contributed by atoms with Crippen molar-refractivity contribution in [3.05, 3.63) is 16.6 Å². The van der Waals surface area contributed by atoms with Gasteiger partial charge in [-0.3, -0.25) is 9.69 Å². The molecule has 0 bridgehead atoms. The lowest BCUT2D eigenvalue weighted by atomic mass is 9.99. The number of nitrogens with one attached hydrogen (secondary N) is 1. The minimum Gasteiger partial charge on any atom is -0.377 e. The van der Waals surface area contributed by atoms with E-state index in [2.05, 4.69) is 29.0 Å². The van der Waals surface area contributed by atoms with E-state index >= 15 is 0 Å². The van der Waals surface area contributed by atoms with E-state index in [0.717, 1.165) is 32.5 Å². The van der Waals surface area contributed by atoms with Crippen LogP contribution in [0.15, 0.2) is 10.9 Å². The summed E-state index contributed by atoms with van der Waals surface area (Å²) in [6, 6.07) is 0.487. The first-order valence-corrected chi connectivity index (χ1v) is 9.18. The molecule has 2 aliphatic rings. The molecule has 0 aromatic carbocycles. The van der Waals surface area contributed by atoms with Crippen molar-refractivity contribution in [2.45, 2.75) is 44.4 Å². The van der Waals surface area contributed by atoms with Crippen molar-refractivity contribution in [3.63, 3.8) is 0 Å². The molecule has 1 aromatic rings. The average molecular weight is 339 g/mol. The Bertz CT molecular complexity index is 523. The van der Waals surface area contributed by atoms with Gasteiger partial charge in [-0.2, -0.15) is 0 Å². The molecule has 2 atom stereocenters. The highest BCUT2D eigenvalue weighted by molar-refractivity contribution is 7.07. The van der Waals surface area contributed by atoms with Gasteiger partial charge in [-0.25, -0.2) is 4.98 Å². The zero-order valence-corrected chi connectivity index (χ0v) is 14.6. The summed E-state index contributed by atoms with van der Waals surface area (Å²) in [7, 11) is 0. The fourth-order valence-electron chi connectivity index (χ4n) is 3.26.